The fourth-order valence-corrected chi connectivity index (χ4v) is 3.82. The van der Waals surface area contributed by atoms with Gasteiger partial charge in [0.2, 0.25) is 5.95 Å². The molecule has 4 rings (SSSR count). The van der Waals surface area contributed by atoms with Crippen LogP contribution in [-0.4, -0.2) is 33.0 Å². The minimum absolute atomic E-state index is 0.458. The van der Waals surface area contributed by atoms with Gasteiger partial charge in [-0.25, -0.2) is 15.0 Å². The molecule has 0 atom stereocenters. The van der Waals surface area contributed by atoms with Crippen molar-refractivity contribution in [2.75, 3.05) is 19.0 Å². The van der Waals surface area contributed by atoms with E-state index in [0.717, 1.165) is 51.6 Å². The number of fused-ring (bicyclic) bond motifs is 1. The quantitative estimate of drug-likeness (QED) is 0.224. The molecule has 1 aromatic carbocycles. The highest BCUT2D eigenvalue weighted by Gasteiger charge is 2.18. The maximum absolute atomic E-state index is 5.87. The van der Waals surface area contributed by atoms with Gasteiger partial charge >= 0.3 is 0 Å². The predicted octanol–water partition coefficient (Wildman–Crippen LogP) is 5.69. The van der Waals surface area contributed by atoms with Crippen LogP contribution in [0.2, 0.25) is 0 Å². The average Bonchev–Trinajstić information content (AvgIpc) is 3.29. The van der Waals surface area contributed by atoms with E-state index in [0.29, 0.717) is 19.0 Å². The summed E-state index contributed by atoms with van der Waals surface area (Å²) in [5.74, 6) is 1.44. The third kappa shape index (κ3) is 5.70. The Morgan fingerprint density at radius 3 is 2.69 bits per heavy atom. The van der Waals surface area contributed by atoms with Crippen molar-refractivity contribution in [2.24, 2.45) is 5.73 Å². The van der Waals surface area contributed by atoms with Crippen LogP contribution in [0, 0.1) is 6.92 Å². The number of nitrogens with zero attached hydrogens (tertiary/aromatic N) is 4. The van der Waals surface area contributed by atoms with Crippen LogP contribution >= 0.6 is 0 Å². The number of pyridine rings is 1. The lowest BCUT2D eigenvalue weighted by Gasteiger charge is -2.09. The molecule has 0 radical (unpaired) electrons. The second-order valence-electron chi connectivity index (χ2n) is 8.47. The van der Waals surface area contributed by atoms with Gasteiger partial charge in [-0.15, -0.1) is 0 Å². The van der Waals surface area contributed by atoms with Gasteiger partial charge < -0.3 is 15.8 Å². The van der Waals surface area contributed by atoms with Gasteiger partial charge in [0.15, 0.2) is 0 Å². The van der Waals surface area contributed by atoms with E-state index in [9.17, 15) is 0 Å². The van der Waals surface area contributed by atoms with E-state index in [1.807, 2.05) is 42.6 Å². The highest BCUT2D eigenvalue weighted by atomic mass is 16.5. The van der Waals surface area contributed by atoms with Gasteiger partial charge in [-0.05, 0) is 42.3 Å². The van der Waals surface area contributed by atoms with Crippen molar-refractivity contribution in [1.82, 2.24) is 19.4 Å². The maximum atomic E-state index is 5.87. The van der Waals surface area contributed by atoms with Gasteiger partial charge in [-0.2, -0.15) is 0 Å². The van der Waals surface area contributed by atoms with Crippen molar-refractivity contribution in [3.05, 3.63) is 102 Å². The molecule has 0 aliphatic carbocycles. The fraction of sp³-hybridized carbons (Fsp3) is 0.207. The van der Waals surface area contributed by atoms with Gasteiger partial charge in [-0.3, -0.25) is 4.40 Å². The lowest BCUT2D eigenvalue weighted by atomic mass is 10.1. The van der Waals surface area contributed by atoms with Crippen LogP contribution in [0.15, 0.2) is 91.0 Å². The van der Waals surface area contributed by atoms with Gasteiger partial charge in [0.25, 0.3) is 0 Å². The van der Waals surface area contributed by atoms with Crippen LogP contribution in [0.25, 0.3) is 28.3 Å². The number of nitrogens with two attached hydrogens (primary N) is 1. The first-order valence-electron chi connectivity index (χ1n) is 12.0. The van der Waals surface area contributed by atoms with Crippen molar-refractivity contribution >= 4 is 11.6 Å². The van der Waals surface area contributed by atoms with E-state index in [4.69, 9.17) is 20.4 Å². The molecule has 0 amide bonds. The molecule has 0 spiro atoms. The normalized spacial score (nSPS) is 11.8. The van der Waals surface area contributed by atoms with Crippen molar-refractivity contribution in [1.29, 1.82) is 0 Å². The van der Waals surface area contributed by atoms with E-state index < -0.39 is 0 Å². The van der Waals surface area contributed by atoms with E-state index in [1.165, 1.54) is 5.56 Å². The van der Waals surface area contributed by atoms with E-state index in [2.05, 4.69) is 59.4 Å². The molecule has 3 aromatic heterocycles. The summed E-state index contributed by atoms with van der Waals surface area (Å²) in [7, 11) is 1.68. The van der Waals surface area contributed by atoms with Gasteiger partial charge in [-0.1, -0.05) is 55.5 Å². The minimum Gasteiger partial charge on any atom is -0.501 e. The van der Waals surface area contributed by atoms with Crippen molar-refractivity contribution in [3.63, 3.8) is 0 Å². The number of anilines is 1. The zero-order valence-corrected chi connectivity index (χ0v) is 21.0. The number of benzene rings is 1. The molecule has 184 valence electrons. The molecule has 7 heteroatoms. The molecule has 0 saturated carbocycles. The standard InChI is InChI=1S/C29H32N6O/c1-5-24(36-4)8-6-7-21(3)19-32-29-31-15-13-25(33-29)28-27(23-11-9-20(2)10-12-23)34-26-17-22(18-30)14-16-35(26)28/h6-17H,3,5,18-19,30H2,1-2,4H3,(H,31,32,33)/b7-6-,24-8+. The summed E-state index contributed by atoms with van der Waals surface area (Å²) in [6.45, 7) is 9.21. The smallest absolute Gasteiger partial charge is 0.223 e. The summed E-state index contributed by atoms with van der Waals surface area (Å²) in [4.78, 5) is 14.2. The monoisotopic (exact) mass is 480 g/mol. The third-order valence-electron chi connectivity index (χ3n) is 5.85. The maximum Gasteiger partial charge on any atom is 0.223 e. The Bertz CT molecular complexity index is 1410. The Hall–Kier alpha value is -4.23. The highest BCUT2D eigenvalue weighted by Crippen LogP contribution is 2.32. The summed E-state index contributed by atoms with van der Waals surface area (Å²) in [6.07, 6.45) is 10.4. The third-order valence-corrected chi connectivity index (χ3v) is 5.85. The Morgan fingerprint density at radius 1 is 1.17 bits per heavy atom. The topological polar surface area (TPSA) is 90.4 Å². The molecule has 3 heterocycles. The summed E-state index contributed by atoms with van der Waals surface area (Å²) < 4.78 is 7.33. The second kappa shape index (κ2) is 11.5. The van der Waals surface area contributed by atoms with Crippen molar-refractivity contribution in [3.8, 4) is 22.6 Å². The molecule has 0 aliphatic heterocycles. The van der Waals surface area contributed by atoms with Crippen LogP contribution in [0.3, 0.4) is 0 Å². The molecule has 0 aliphatic rings. The van der Waals surface area contributed by atoms with E-state index in [1.54, 1.807) is 13.3 Å². The van der Waals surface area contributed by atoms with Crippen LogP contribution in [0.5, 0.6) is 0 Å². The molecule has 0 fully saturated rings. The van der Waals surface area contributed by atoms with Crippen LogP contribution in [0.1, 0.15) is 24.5 Å². The first-order valence-corrected chi connectivity index (χ1v) is 12.0. The number of aryl methyl sites for hydroxylation is 1. The first kappa shape index (κ1) is 24.9. The molecule has 36 heavy (non-hydrogen) atoms. The Morgan fingerprint density at radius 2 is 1.97 bits per heavy atom. The molecule has 0 bridgehead atoms. The van der Waals surface area contributed by atoms with E-state index >= 15 is 0 Å². The largest absolute Gasteiger partial charge is 0.501 e. The molecule has 0 saturated heterocycles. The van der Waals surface area contributed by atoms with Gasteiger partial charge in [0.05, 0.1) is 30.0 Å². The highest BCUT2D eigenvalue weighted by molar-refractivity contribution is 5.81. The number of imidazole rings is 1. The Kier molecular flexibility index (Phi) is 7.92. The molecule has 7 nitrogen and oxygen atoms in total. The molecule has 0 unspecified atom stereocenters. The first-order chi connectivity index (χ1) is 17.5. The van der Waals surface area contributed by atoms with Crippen LogP contribution < -0.4 is 11.1 Å². The predicted molar refractivity (Wildman–Crippen MR) is 146 cm³/mol. The molecular formula is C29H32N6O. The summed E-state index contributed by atoms with van der Waals surface area (Å²) in [6, 6.07) is 14.3. The lowest BCUT2D eigenvalue weighted by molar-refractivity contribution is 0.281. The number of aromatic nitrogens is 4. The summed E-state index contributed by atoms with van der Waals surface area (Å²) in [5, 5.41) is 3.27. The van der Waals surface area contributed by atoms with Gasteiger partial charge in [0.1, 0.15) is 5.65 Å². The number of rotatable bonds is 10. The Balaban J connectivity index is 1.64. The number of allylic oxidation sites excluding steroid dienone is 3. The molecular weight excluding hydrogens is 448 g/mol. The zero-order chi connectivity index (χ0) is 25.5. The van der Waals surface area contributed by atoms with Crippen LogP contribution in [-0.2, 0) is 11.3 Å². The van der Waals surface area contributed by atoms with Crippen molar-refractivity contribution in [2.45, 2.75) is 26.8 Å². The number of nitrogens with one attached hydrogen (secondary N) is 1. The zero-order valence-electron chi connectivity index (χ0n) is 21.0. The SMILES string of the molecule is C=C(/C=C\C=C(/CC)OC)CNc1nccc(-c2c(-c3ccc(C)cc3)nc3cc(CN)ccn23)n1. The van der Waals surface area contributed by atoms with Crippen LogP contribution in [0.4, 0.5) is 5.95 Å². The second-order valence-corrected chi connectivity index (χ2v) is 8.47. The lowest BCUT2D eigenvalue weighted by Crippen LogP contribution is -2.07. The Labute approximate surface area is 212 Å². The number of hydrogen-bond donors (Lipinski definition) is 2. The fourth-order valence-electron chi connectivity index (χ4n) is 3.82. The number of ether oxygens (including phenoxy) is 1. The van der Waals surface area contributed by atoms with Crippen molar-refractivity contribution < 1.29 is 4.74 Å². The molecule has 3 N–H and O–H groups in total. The van der Waals surface area contributed by atoms with E-state index in [-0.39, 0.29) is 0 Å². The average molecular weight is 481 g/mol. The minimum atomic E-state index is 0.458. The summed E-state index contributed by atoms with van der Waals surface area (Å²) >= 11 is 0. The number of hydrogen-bond acceptors (Lipinski definition) is 6. The summed E-state index contributed by atoms with van der Waals surface area (Å²) in [5.41, 5.74) is 13.4. The number of methoxy groups -OCH3 is 1. The molecule has 4 aromatic rings. The van der Waals surface area contributed by atoms with Gasteiger partial charge in [0, 0.05) is 37.5 Å².